The number of aryl methyl sites for hydroxylation is 1. The molecule has 0 unspecified atom stereocenters. The van der Waals surface area contributed by atoms with E-state index in [0.717, 1.165) is 11.3 Å². The number of nitrogens with one attached hydrogen (secondary N) is 2. The van der Waals surface area contributed by atoms with Gasteiger partial charge in [-0.25, -0.2) is 9.78 Å². The van der Waals surface area contributed by atoms with Crippen molar-refractivity contribution in [2.45, 2.75) is 19.6 Å². The number of carbonyl (C=O) groups excluding carboxylic acids is 2. The minimum Gasteiger partial charge on any atom is -0.475 e. The van der Waals surface area contributed by atoms with Crippen molar-refractivity contribution in [3.63, 3.8) is 0 Å². The van der Waals surface area contributed by atoms with Gasteiger partial charge >= 0.3 is 12.1 Å². The Hall–Kier alpha value is -4.25. The highest BCUT2D eigenvalue weighted by Crippen LogP contribution is 2.14. The first-order valence-corrected chi connectivity index (χ1v) is 9.75. The molecule has 11 heteroatoms. The van der Waals surface area contributed by atoms with Crippen LogP contribution in [0.4, 0.5) is 24.7 Å². The van der Waals surface area contributed by atoms with E-state index in [1.165, 1.54) is 0 Å². The molecule has 2 aromatic carbocycles. The summed E-state index contributed by atoms with van der Waals surface area (Å²) >= 11 is 0. The van der Waals surface area contributed by atoms with Crippen molar-refractivity contribution in [2.24, 2.45) is 5.73 Å². The van der Waals surface area contributed by atoms with E-state index in [-0.39, 0.29) is 11.8 Å². The van der Waals surface area contributed by atoms with Gasteiger partial charge in [-0.3, -0.25) is 9.59 Å². The predicted molar refractivity (Wildman–Crippen MR) is 119 cm³/mol. The topological polar surface area (TPSA) is 134 Å². The summed E-state index contributed by atoms with van der Waals surface area (Å²) < 4.78 is 31.7. The minimum atomic E-state index is -5.08. The van der Waals surface area contributed by atoms with E-state index < -0.39 is 12.1 Å². The van der Waals surface area contributed by atoms with Crippen LogP contribution in [0.1, 0.15) is 32.0 Å². The van der Waals surface area contributed by atoms with Crippen LogP contribution in [0.25, 0.3) is 0 Å². The maximum absolute atomic E-state index is 12.5. The van der Waals surface area contributed by atoms with Crippen LogP contribution in [-0.2, 0) is 11.3 Å². The zero-order valence-electron chi connectivity index (χ0n) is 17.9. The van der Waals surface area contributed by atoms with Gasteiger partial charge in [0.05, 0.1) is 0 Å². The number of halogens is 3. The molecule has 1 heterocycles. The van der Waals surface area contributed by atoms with Gasteiger partial charge in [-0.1, -0.05) is 24.3 Å². The third-order valence-corrected chi connectivity index (χ3v) is 4.15. The van der Waals surface area contributed by atoms with Crippen LogP contribution in [0.3, 0.4) is 0 Å². The fourth-order valence-electron chi connectivity index (χ4n) is 2.64. The molecule has 0 aliphatic carbocycles. The van der Waals surface area contributed by atoms with Gasteiger partial charge in [0.1, 0.15) is 5.82 Å². The Kier molecular flexibility index (Phi) is 8.85. The zero-order chi connectivity index (χ0) is 25.3. The van der Waals surface area contributed by atoms with Crippen LogP contribution >= 0.6 is 0 Å². The number of alkyl halides is 3. The number of carbonyl (C=O) groups is 3. The highest BCUT2D eigenvalue weighted by molar-refractivity contribution is 6.08. The van der Waals surface area contributed by atoms with E-state index in [4.69, 9.17) is 15.6 Å². The van der Waals surface area contributed by atoms with E-state index in [1.807, 2.05) is 31.2 Å². The number of amides is 2. The first kappa shape index (κ1) is 26.0. The number of carboxylic acids is 1. The SMILES string of the molecule is Cc1cc(CN)cc(NC(=O)c2cccc(C(=O)Nc3ccccc3)c2)n1.O=C(O)C(F)(F)F. The molecule has 0 saturated carbocycles. The lowest BCUT2D eigenvalue weighted by Gasteiger charge is -2.09. The summed E-state index contributed by atoms with van der Waals surface area (Å²) in [4.78, 5) is 38.1. The number of nitrogens with zero attached hydrogens (tertiary/aromatic N) is 1. The lowest BCUT2D eigenvalue weighted by Crippen LogP contribution is -2.21. The number of anilines is 2. The van der Waals surface area contributed by atoms with Gasteiger partial charge < -0.3 is 21.5 Å². The Labute approximate surface area is 192 Å². The number of carboxylic acid groups (broad SMARTS) is 1. The lowest BCUT2D eigenvalue weighted by molar-refractivity contribution is -0.192. The Bertz CT molecular complexity index is 1170. The van der Waals surface area contributed by atoms with Crippen molar-refractivity contribution in [1.29, 1.82) is 0 Å². The predicted octanol–water partition coefficient (Wildman–Crippen LogP) is 3.99. The molecule has 0 radical (unpaired) electrons. The molecule has 0 spiro atoms. The summed E-state index contributed by atoms with van der Waals surface area (Å²) in [6, 6.07) is 19.3. The highest BCUT2D eigenvalue weighted by Gasteiger charge is 2.38. The van der Waals surface area contributed by atoms with Crippen molar-refractivity contribution in [3.05, 3.63) is 89.1 Å². The first-order chi connectivity index (χ1) is 16.0. The molecule has 0 bridgehead atoms. The average molecular weight is 474 g/mol. The van der Waals surface area contributed by atoms with E-state index >= 15 is 0 Å². The zero-order valence-corrected chi connectivity index (χ0v) is 17.9. The van der Waals surface area contributed by atoms with Crippen LogP contribution in [0.15, 0.2) is 66.7 Å². The van der Waals surface area contributed by atoms with Crippen LogP contribution in [0.5, 0.6) is 0 Å². The molecule has 34 heavy (non-hydrogen) atoms. The van der Waals surface area contributed by atoms with Crippen molar-refractivity contribution in [3.8, 4) is 0 Å². The van der Waals surface area contributed by atoms with E-state index in [9.17, 15) is 22.8 Å². The molecule has 0 fully saturated rings. The Morgan fingerprint density at radius 1 is 0.912 bits per heavy atom. The van der Waals surface area contributed by atoms with Crippen molar-refractivity contribution in [1.82, 2.24) is 4.98 Å². The fourth-order valence-corrected chi connectivity index (χ4v) is 2.64. The molecule has 1 aromatic heterocycles. The summed E-state index contributed by atoms with van der Waals surface area (Å²) in [7, 11) is 0. The summed E-state index contributed by atoms with van der Waals surface area (Å²) in [6.07, 6.45) is -5.08. The van der Waals surface area contributed by atoms with E-state index in [1.54, 1.807) is 42.5 Å². The molecule has 5 N–H and O–H groups in total. The number of para-hydroxylation sites is 1. The second-order valence-corrected chi connectivity index (χ2v) is 6.86. The fraction of sp³-hybridized carbons (Fsp3) is 0.130. The maximum atomic E-state index is 12.5. The third kappa shape index (κ3) is 8.02. The molecule has 3 aromatic rings. The van der Waals surface area contributed by atoms with Crippen molar-refractivity contribution >= 4 is 29.3 Å². The maximum Gasteiger partial charge on any atom is 0.490 e. The lowest BCUT2D eigenvalue weighted by atomic mass is 10.1. The van der Waals surface area contributed by atoms with Gasteiger partial charge in [-0.05, 0) is 55.0 Å². The van der Waals surface area contributed by atoms with Crippen LogP contribution < -0.4 is 16.4 Å². The van der Waals surface area contributed by atoms with E-state index in [2.05, 4.69) is 15.6 Å². The van der Waals surface area contributed by atoms with Gasteiger partial charge in [0.2, 0.25) is 0 Å². The van der Waals surface area contributed by atoms with Crippen LogP contribution in [0, 0.1) is 6.92 Å². The molecule has 8 nitrogen and oxygen atoms in total. The summed E-state index contributed by atoms with van der Waals surface area (Å²) in [5, 5.41) is 12.7. The monoisotopic (exact) mass is 474 g/mol. The Morgan fingerprint density at radius 3 is 2.00 bits per heavy atom. The second kappa shape index (κ2) is 11.6. The Balaban J connectivity index is 0.000000509. The summed E-state index contributed by atoms with van der Waals surface area (Å²) in [5.41, 5.74) is 8.77. The molecule has 3 rings (SSSR count). The highest BCUT2D eigenvalue weighted by atomic mass is 19.4. The standard InChI is InChI=1S/C21H20N4O2.C2HF3O2/c1-14-10-15(13-22)11-19(23-14)25-21(27)17-7-5-6-16(12-17)20(26)24-18-8-3-2-4-9-18;3-2(4,5)1(6)7/h2-12H,13,22H2,1H3,(H,24,26)(H,23,25,27);(H,6,7). The second-order valence-electron chi connectivity index (χ2n) is 6.86. The number of aliphatic carboxylic acids is 1. The third-order valence-electron chi connectivity index (χ3n) is 4.15. The van der Waals surface area contributed by atoms with Crippen molar-refractivity contribution < 1.29 is 32.7 Å². The number of rotatable bonds is 5. The van der Waals surface area contributed by atoms with Gasteiger partial charge in [0, 0.05) is 29.1 Å². The smallest absolute Gasteiger partial charge is 0.475 e. The summed E-state index contributed by atoms with van der Waals surface area (Å²) in [6.45, 7) is 2.20. The molecular weight excluding hydrogens is 453 g/mol. The number of nitrogens with two attached hydrogens (primary N) is 1. The number of aromatic nitrogens is 1. The van der Waals surface area contributed by atoms with E-state index in [0.29, 0.717) is 29.2 Å². The van der Waals surface area contributed by atoms with Gasteiger partial charge in [0.15, 0.2) is 0 Å². The van der Waals surface area contributed by atoms with Crippen LogP contribution in [0.2, 0.25) is 0 Å². The minimum absolute atomic E-state index is 0.282. The average Bonchev–Trinajstić information content (AvgIpc) is 2.79. The molecular formula is C23H21F3N4O4. The largest absolute Gasteiger partial charge is 0.490 e. The summed E-state index contributed by atoms with van der Waals surface area (Å²) in [5.74, 6) is -2.95. The number of benzene rings is 2. The Morgan fingerprint density at radius 2 is 1.47 bits per heavy atom. The first-order valence-electron chi connectivity index (χ1n) is 9.75. The quantitative estimate of drug-likeness (QED) is 0.442. The number of hydrogen-bond acceptors (Lipinski definition) is 5. The molecule has 178 valence electrons. The molecule has 0 atom stereocenters. The van der Waals surface area contributed by atoms with Crippen LogP contribution in [-0.4, -0.2) is 34.1 Å². The normalized spacial score (nSPS) is 10.5. The molecule has 0 aliphatic heterocycles. The number of hydrogen-bond donors (Lipinski definition) is 4. The molecule has 0 saturated heterocycles. The van der Waals surface area contributed by atoms with Gasteiger partial charge in [-0.2, -0.15) is 13.2 Å². The van der Waals surface area contributed by atoms with Gasteiger partial charge in [0.25, 0.3) is 11.8 Å². The van der Waals surface area contributed by atoms with Gasteiger partial charge in [-0.15, -0.1) is 0 Å². The van der Waals surface area contributed by atoms with Crippen molar-refractivity contribution in [2.75, 3.05) is 10.6 Å². The number of pyridine rings is 1. The molecule has 2 amide bonds. The molecule has 0 aliphatic rings.